The summed E-state index contributed by atoms with van der Waals surface area (Å²) in [6.45, 7) is 3.25. The fraction of sp³-hybridized carbons (Fsp3) is 0.571. The van der Waals surface area contributed by atoms with E-state index in [-0.39, 0.29) is 0 Å². The van der Waals surface area contributed by atoms with Gasteiger partial charge in [0.2, 0.25) is 0 Å². The molecule has 1 saturated heterocycles. The van der Waals surface area contributed by atoms with Crippen LogP contribution < -0.4 is 10.6 Å². The molecule has 1 fully saturated rings. The molecule has 16 heavy (non-hydrogen) atoms. The fourth-order valence-corrected chi connectivity index (χ4v) is 2.86. The van der Waals surface area contributed by atoms with Crippen molar-refractivity contribution < 1.29 is 0 Å². The molecule has 1 aromatic rings. The maximum absolute atomic E-state index is 3.58. The van der Waals surface area contributed by atoms with Gasteiger partial charge in [0.1, 0.15) is 0 Å². The normalized spacial score (nSPS) is 25.1. The summed E-state index contributed by atoms with van der Waals surface area (Å²) in [6, 6.07) is 7.61. The zero-order valence-corrected chi connectivity index (χ0v) is 9.76. The van der Waals surface area contributed by atoms with Gasteiger partial charge in [0.15, 0.2) is 0 Å². The number of hydrogen-bond donors (Lipinski definition) is 2. The third-order valence-electron chi connectivity index (χ3n) is 3.82. The van der Waals surface area contributed by atoms with Gasteiger partial charge in [0, 0.05) is 25.7 Å². The fourth-order valence-electron chi connectivity index (χ4n) is 2.86. The van der Waals surface area contributed by atoms with E-state index in [1.807, 2.05) is 0 Å². The van der Waals surface area contributed by atoms with E-state index >= 15 is 0 Å². The summed E-state index contributed by atoms with van der Waals surface area (Å²) in [6.07, 6.45) is 5.30. The maximum atomic E-state index is 3.58. The second-order valence-electron chi connectivity index (χ2n) is 4.95. The smallest absolute Gasteiger partial charge is 0.0447 e. The monoisotopic (exact) mass is 216 g/mol. The Morgan fingerprint density at radius 3 is 2.69 bits per heavy atom. The molecule has 1 aliphatic carbocycles. The lowest BCUT2D eigenvalue weighted by molar-refractivity contribution is 0.430. The van der Waals surface area contributed by atoms with Crippen LogP contribution in [0.5, 0.6) is 0 Å². The number of aryl methyl sites for hydroxylation is 2. The molecule has 0 spiro atoms. The van der Waals surface area contributed by atoms with Crippen molar-refractivity contribution in [1.82, 2.24) is 10.6 Å². The molecule has 1 unspecified atom stereocenters. The molecule has 0 amide bonds. The molecule has 1 atom stereocenters. The minimum atomic E-state index is 0.515. The lowest BCUT2D eigenvalue weighted by atomic mass is 9.89. The van der Waals surface area contributed by atoms with Crippen LogP contribution in [0.2, 0.25) is 0 Å². The predicted octanol–water partition coefficient (Wildman–Crippen LogP) is 1.80. The molecule has 1 aromatic carbocycles. The van der Waals surface area contributed by atoms with Gasteiger partial charge in [-0.25, -0.2) is 0 Å². The number of fused-ring (bicyclic) bond motifs is 1. The third-order valence-corrected chi connectivity index (χ3v) is 3.82. The molecule has 2 aliphatic rings. The van der Waals surface area contributed by atoms with Crippen molar-refractivity contribution in [3.8, 4) is 0 Å². The molecular formula is C14H20N2. The van der Waals surface area contributed by atoms with Crippen LogP contribution in [-0.2, 0) is 12.8 Å². The van der Waals surface area contributed by atoms with Gasteiger partial charge < -0.3 is 10.6 Å². The highest BCUT2D eigenvalue weighted by Crippen LogP contribution is 2.25. The standard InChI is InChI=1S/C14H20N2/c1-2-4-12-9-13(6-5-11(12)3-1)14-10-15-7-8-16-14/h5-6,9,14-16H,1-4,7-8,10H2. The number of nitrogens with one attached hydrogen (secondary N) is 2. The van der Waals surface area contributed by atoms with E-state index in [2.05, 4.69) is 28.8 Å². The van der Waals surface area contributed by atoms with E-state index in [0.717, 1.165) is 19.6 Å². The van der Waals surface area contributed by atoms with Crippen LogP contribution in [0.3, 0.4) is 0 Å². The zero-order valence-electron chi connectivity index (χ0n) is 9.76. The molecule has 0 radical (unpaired) electrons. The van der Waals surface area contributed by atoms with E-state index < -0.39 is 0 Å². The SMILES string of the molecule is c1cc2c(cc1C1CNCCN1)CCCC2. The molecule has 1 heterocycles. The second kappa shape index (κ2) is 4.56. The van der Waals surface area contributed by atoms with E-state index in [1.165, 1.54) is 31.2 Å². The summed E-state index contributed by atoms with van der Waals surface area (Å²) < 4.78 is 0. The summed E-state index contributed by atoms with van der Waals surface area (Å²) in [4.78, 5) is 0. The largest absolute Gasteiger partial charge is 0.314 e. The van der Waals surface area contributed by atoms with Gasteiger partial charge in [0.25, 0.3) is 0 Å². The second-order valence-corrected chi connectivity index (χ2v) is 4.95. The van der Waals surface area contributed by atoms with Crippen LogP contribution in [0.25, 0.3) is 0 Å². The Bertz CT molecular complexity index is 367. The van der Waals surface area contributed by atoms with E-state index in [9.17, 15) is 0 Å². The van der Waals surface area contributed by atoms with Crippen LogP contribution in [0.4, 0.5) is 0 Å². The van der Waals surface area contributed by atoms with Crippen molar-refractivity contribution in [2.75, 3.05) is 19.6 Å². The number of benzene rings is 1. The molecule has 0 saturated carbocycles. The van der Waals surface area contributed by atoms with Crippen LogP contribution in [0.1, 0.15) is 35.6 Å². The van der Waals surface area contributed by atoms with Crippen LogP contribution in [0, 0.1) is 0 Å². The van der Waals surface area contributed by atoms with Gasteiger partial charge >= 0.3 is 0 Å². The Balaban J connectivity index is 1.84. The summed E-state index contributed by atoms with van der Waals surface area (Å²) in [5.41, 5.74) is 4.64. The van der Waals surface area contributed by atoms with Gasteiger partial charge in [-0.2, -0.15) is 0 Å². The van der Waals surface area contributed by atoms with Crippen molar-refractivity contribution in [3.05, 3.63) is 34.9 Å². The van der Waals surface area contributed by atoms with Crippen molar-refractivity contribution in [2.45, 2.75) is 31.7 Å². The molecule has 3 rings (SSSR count). The van der Waals surface area contributed by atoms with Gasteiger partial charge in [-0.15, -0.1) is 0 Å². The van der Waals surface area contributed by atoms with Crippen molar-refractivity contribution in [1.29, 1.82) is 0 Å². The molecule has 2 nitrogen and oxygen atoms in total. The Hall–Kier alpha value is -0.860. The van der Waals surface area contributed by atoms with Gasteiger partial charge in [-0.3, -0.25) is 0 Å². The van der Waals surface area contributed by atoms with Crippen molar-refractivity contribution in [2.24, 2.45) is 0 Å². The Morgan fingerprint density at radius 2 is 1.88 bits per heavy atom. The van der Waals surface area contributed by atoms with Crippen LogP contribution in [0.15, 0.2) is 18.2 Å². The van der Waals surface area contributed by atoms with Gasteiger partial charge in [0.05, 0.1) is 0 Å². The van der Waals surface area contributed by atoms with Crippen molar-refractivity contribution >= 4 is 0 Å². The molecule has 0 aromatic heterocycles. The minimum Gasteiger partial charge on any atom is -0.314 e. The number of rotatable bonds is 1. The first-order chi connectivity index (χ1) is 7.93. The minimum absolute atomic E-state index is 0.515. The first-order valence-electron chi connectivity index (χ1n) is 6.49. The maximum Gasteiger partial charge on any atom is 0.0447 e. The summed E-state index contributed by atoms with van der Waals surface area (Å²) in [5.74, 6) is 0. The van der Waals surface area contributed by atoms with E-state index in [4.69, 9.17) is 0 Å². The highest BCUT2D eigenvalue weighted by Gasteiger charge is 2.16. The molecule has 86 valence electrons. The summed E-state index contributed by atoms with van der Waals surface area (Å²) in [7, 11) is 0. The molecule has 0 bridgehead atoms. The van der Waals surface area contributed by atoms with Gasteiger partial charge in [-0.05, 0) is 42.4 Å². The Morgan fingerprint density at radius 1 is 1.00 bits per heavy atom. The number of piperazine rings is 1. The Labute approximate surface area is 97.4 Å². The molecule has 2 N–H and O–H groups in total. The molecular weight excluding hydrogens is 196 g/mol. The highest BCUT2D eigenvalue weighted by molar-refractivity contribution is 5.35. The molecule has 2 heteroatoms. The highest BCUT2D eigenvalue weighted by atomic mass is 15.1. The van der Waals surface area contributed by atoms with Crippen molar-refractivity contribution in [3.63, 3.8) is 0 Å². The summed E-state index contributed by atoms with van der Waals surface area (Å²) >= 11 is 0. The lowest BCUT2D eigenvalue weighted by Gasteiger charge is -2.26. The molecule has 1 aliphatic heterocycles. The van der Waals surface area contributed by atoms with Gasteiger partial charge in [-0.1, -0.05) is 18.2 Å². The lowest BCUT2D eigenvalue weighted by Crippen LogP contribution is -2.42. The van der Waals surface area contributed by atoms with E-state index in [1.54, 1.807) is 11.1 Å². The first kappa shape index (κ1) is 10.3. The topological polar surface area (TPSA) is 24.1 Å². The van der Waals surface area contributed by atoms with Crippen LogP contribution >= 0.6 is 0 Å². The third kappa shape index (κ3) is 2.00. The predicted molar refractivity (Wildman–Crippen MR) is 66.7 cm³/mol. The average molecular weight is 216 g/mol. The first-order valence-corrected chi connectivity index (χ1v) is 6.49. The van der Waals surface area contributed by atoms with Crippen LogP contribution in [-0.4, -0.2) is 19.6 Å². The zero-order chi connectivity index (χ0) is 10.8. The quantitative estimate of drug-likeness (QED) is 0.748. The Kier molecular flexibility index (Phi) is 2.94. The van der Waals surface area contributed by atoms with E-state index in [0.29, 0.717) is 6.04 Å². The average Bonchev–Trinajstić information content (AvgIpc) is 2.39. The number of hydrogen-bond acceptors (Lipinski definition) is 2. The summed E-state index contributed by atoms with van der Waals surface area (Å²) in [5, 5.41) is 7.03.